The van der Waals surface area contributed by atoms with Gasteiger partial charge in [-0.2, -0.15) is 0 Å². The maximum absolute atomic E-state index is 12.3. The lowest BCUT2D eigenvalue weighted by Crippen LogP contribution is -2.37. The molecular weight excluding hydrogens is 280 g/mol. The average Bonchev–Trinajstić information content (AvgIpc) is 2.48. The first kappa shape index (κ1) is 16.6. The van der Waals surface area contributed by atoms with Crippen molar-refractivity contribution in [3.05, 3.63) is 41.5 Å². The van der Waals surface area contributed by atoms with E-state index in [1.54, 1.807) is 45.2 Å². The van der Waals surface area contributed by atoms with Crippen LogP contribution < -0.4 is 4.74 Å². The van der Waals surface area contributed by atoms with E-state index in [0.29, 0.717) is 17.7 Å². The zero-order valence-electron chi connectivity index (χ0n) is 13.6. The van der Waals surface area contributed by atoms with Gasteiger partial charge in [0.05, 0.1) is 18.3 Å². The molecule has 1 aromatic rings. The highest BCUT2D eigenvalue weighted by Crippen LogP contribution is 2.33. The lowest BCUT2D eigenvalue weighted by molar-refractivity contribution is -0.0159. The molecule has 0 bridgehead atoms. The number of carbonyl (C=O) groups is 1. The van der Waals surface area contributed by atoms with Crippen molar-refractivity contribution >= 4 is 5.97 Å². The number of hydrogen-bond acceptors (Lipinski definition) is 4. The molecule has 0 heterocycles. The molecule has 0 saturated carbocycles. The van der Waals surface area contributed by atoms with E-state index < -0.39 is 5.60 Å². The van der Waals surface area contributed by atoms with Gasteiger partial charge in [-0.3, -0.25) is 0 Å². The number of esters is 1. The van der Waals surface area contributed by atoms with Gasteiger partial charge >= 0.3 is 5.97 Å². The predicted octanol–water partition coefficient (Wildman–Crippen LogP) is 3.35. The van der Waals surface area contributed by atoms with Crippen LogP contribution in [0, 0.1) is 5.92 Å². The fourth-order valence-electron chi connectivity index (χ4n) is 2.64. The van der Waals surface area contributed by atoms with Crippen LogP contribution in [0.3, 0.4) is 0 Å². The van der Waals surface area contributed by atoms with Crippen molar-refractivity contribution in [2.45, 2.75) is 45.3 Å². The molecule has 0 amide bonds. The number of allylic oxidation sites excluding steroid dienone is 1. The highest BCUT2D eigenvalue weighted by molar-refractivity contribution is 5.89. The molecule has 0 radical (unpaired) electrons. The fourth-order valence-corrected chi connectivity index (χ4v) is 2.64. The molecule has 1 aromatic carbocycles. The van der Waals surface area contributed by atoms with Crippen molar-refractivity contribution in [2.24, 2.45) is 5.92 Å². The van der Waals surface area contributed by atoms with Crippen molar-refractivity contribution in [2.75, 3.05) is 7.11 Å². The molecule has 22 heavy (non-hydrogen) atoms. The Bertz CT molecular complexity index is 551. The first-order valence-corrected chi connectivity index (χ1v) is 7.55. The standard InChI is InChI=1S/C18H24O4/c1-12-5-8-14(18(2,3)20)11-16(12)22-17(19)13-6-9-15(21-4)10-7-13/h5-7,9-10,14,16,20H,8,11H2,1-4H3/t14?,16-/m0/s1. The first-order chi connectivity index (χ1) is 10.3. The molecule has 1 aliphatic rings. The zero-order valence-corrected chi connectivity index (χ0v) is 13.6. The molecule has 1 unspecified atom stereocenters. The third-order valence-corrected chi connectivity index (χ3v) is 4.30. The molecule has 4 heteroatoms. The third-order valence-electron chi connectivity index (χ3n) is 4.30. The Morgan fingerprint density at radius 1 is 1.27 bits per heavy atom. The molecule has 120 valence electrons. The number of rotatable bonds is 4. The Morgan fingerprint density at radius 3 is 2.45 bits per heavy atom. The molecule has 0 spiro atoms. The third kappa shape index (κ3) is 3.89. The van der Waals surface area contributed by atoms with Crippen LogP contribution in [0.2, 0.25) is 0 Å². The van der Waals surface area contributed by atoms with Crippen LogP contribution in [0.1, 0.15) is 44.0 Å². The van der Waals surface area contributed by atoms with Crippen LogP contribution >= 0.6 is 0 Å². The topological polar surface area (TPSA) is 55.8 Å². The molecule has 0 aromatic heterocycles. The van der Waals surface area contributed by atoms with E-state index in [9.17, 15) is 9.90 Å². The molecule has 1 aliphatic carbocycles. The molecule has 0 aliphatic heterocycles. The average molecular weight is 304 g/mol. The molecule has 0 saturated heterocycles. The lowest BCUT2D eigenvalue weighted by atomic mass is 9.78. The normalized spacial score (nSPS) is 22.0. The van der Waals surface area contributed by atoms with Gasteiger partial charge < -0.3 is 14.6 Å². The molecule has 2 rings (SSSR count). The number of hydrogen-bond donors (Lipinski definition) is 1. The van der Waals surface area contributed by atoms with Gasteiger partial charge in [-0.25, -0.2) is 4.79 Å². The summed E-state index contributed by atoms with van der Waals surface area (Å²) in [5, 5.41) is 10.2. The summed E-state index contributed by atoms with van der Waals surface area (Å²) in [6.07, 6.45) is 3.23. The summed E-state index contributed by atoms with van der Waals surface area (Å²) >= 11 is 0. The number of benzene rings is 1. The summed E-state index contributed by atoms with van der Waals surface area (Å²) < 4.78 is 10.7. The monoisotopic (exact) mass is 304 g/mol. The van der Waals surface area contributed by atoms with Gasteiger partial charge in [0.25, 0.3) is 0 Å². The van der Waals surface area contributed by atoms with E-state index in [0.717, 1.165) is 12.0 Å². The van der Waals surface area contributed by atoms with Gasteiger partial charge in [0.15, 0.2) is 0 Å². The number of methoxy groups -OCH3 is 1. The Labute approximate surface area is 131 Å². The molecule has 1 N–H and O–H groups in total. The summed E-state index contributed by atoms with van der Waals surface area (Å²) in [5.41, 5.74) is 0.767. The van der Waals surface area contributed by atoms with E-state index in [1.165, 1.54) is 0 Å². The Hall–Kier alpha value is -1.81. The molecule has 0 fully saturated rings. The molecular formula is C18H24O4. The largest absolute Gasteiger partial charge is 0.497 e. The van der Waals surface area contributed by atoms with Gasteiger partial charge in [0.1, 0.15) is 11.9 Å². The maximum Gasteiger partial charge on any atom is 0.338 e. The quantitative estimate of drug-likeness (QED) is 0.684. The summed E-state index contributed by atoms with van der Waals surface area (Å²) in [4.78, 5) is 12.3. The fraction of sp³-hybridized carbons (Fsp3) is 0.500. The van der Waals surface area contributed by atoms with Gasteiger partial charge in [-0.05, 0) is 69.4 Å². The van der Waals surface area contributed by atoms with Gasteiger partial charge in [-0.1, -0.05) is 6.08 Å². The highest BCUT2D eigenvalue weighted by atomic mass is 16.5. The number of aliphatic hydroxyl groups is 1. The van der Waals surface area contributed by atoms with Gasteiger partial charge in [-0.15, -0.1) is 0 Å². The van der Waals surface area contributed by atoms with Gasteiger partial charge in [0, 0.05) is 0 Å². The predicted molar refractivity (Wildman–Crippen MR) is 85.0 cm³/mol. The maximum atomic E-state index is 12.3. The minimum atomic E-state index is -0.776. The molecule has 2 atom stereocenters. The van der Waals surface area contributed by atoms with Crippen LogP contribution in [-0.2, 0) is 4.74 Å². The number of carbonyl (C=O) groups excluding carboxylic acids is 1. The van der Waals surface area contributed by atoms with E-state index in [4.69, 9.17) is 9.47 Å². The SMILES string of the molecule is COc1ccc(C(=O)O[C@H]2CC(C(C)(C)O)CC=C2C)cc1. The summed E-state index contributed by atoms with van der Waals surface area (Å²) in [5.74, 6) is 0.439. The Morgan fingerprint density at radius 2 is 1.91 bits per heavy atom. The van der Waals surface area contributed by atoms with Crippen molar-refractivity contribution in [3.8, 4) is 5.75 Å². The van der Waals surface area contributed by atoms with Crippen LogP contribution in [0.4, 0.5) is 0 Å². The number of ether oxygens (including phenoxy) is 2. The summed E-state index contributed by atoms with van der Waals surface area (Å²) in [7, 11) is 1.58. The highest BCUT2D eigenvalue weighted by Gasteiger charge is 2.33. The van der Waals surface area contributed by atoms with E-state index in [-0.39, 0.29) is 18.0 Å². The van der Waals surface area contributed by atoms with E-state index in [1.807, 2.05) is 6.92 Å². The minimum Gasteiger partial charge on any atom is -0.497 e. The van der Waals surface area contributed by atoms with Crippen molar-refractivity contribution < 1.29 is 19.4 Å². The van der Waals surface area contributed by atoms with Crippen LogP contribution in [0.5, 0.6) is 5.75 Å². The molecule has 4 nitrogen and oxygen atoms in total. The van der Waals surface area contributed by atoms with Crippen molar-refractivity contribution in [3.63, 3.8) is 0 Å². The van der Waals surface area contributed by atoms with Crippen LogP contribution in [-0.4, -0.2) is 29.9 Å². The Balaban J connectivity index is 2.06. The second-order valence-corrected chi connectivity index (χ2v) is 6.39. The van der Waals surface area contributed by atoms with E-state index in [2.05, 4.69) is 6.08 Å². The second kappa shape index (κ2) is 6.53. The van der Waals surface area contributed by atoms with Crippen molar-refractivity contribution in [1.82, 2.24) is 0 Å². The smallest absolute Gasteiger partial charge is 0.338 e. The second-order valence-electron chi connectivity index (χ2n) is 6.39. The van der Waals surface area contributed by atoms with E-state index >= 15 is 0 Å². The lowest BCUT2D eigenvalue weighted by Gasteiger charge is -2.35. The summed E-state index contributed by atoms with van der Waals surface area (Å²) in [6.45, 7) is 5.57. The summed E-state index contributed by atoms with van der Waals surface area (Å²) in [6, 6.07) is 6.85. The first-order valence-electron chi connectivity index (χ1n) is 7.55. The minimum absolute atomic E-state index is 0.0878. The zero-order chi connectivity index (χ0) is 16.3. The van der Waals surface area contributed by atoms with Crippen LogP contribution in [0.25, 0.3) is 0 Å². The van der Waals surface area contributed by atoms with Crippen molar-refractivity contribution in [1.29, 1.82) is 0 Å². The van der Waals surface area contributed by atoms with Gasteiger partial charge in [0.2, 0.25) is 0 Å². The Kier molecular flexibility index (Phi) is 4.91. The van der Waals surface area contributed by atoms with Crippen LogP contribution in [0.15, 0.2) is 35.9 Å².